The van der Waals surface area contributed by atoms with Crippen LogP contribution in [0.5, 0.6) is 0 Å². The fraction of sp³-hybridized carbons (Fsp3) is 0.200. The second-order valence-electron chi connectivity index (χ2n) is 3.29. The minimum Gasteiger partial charge on any atom is -0.343 e. The van der Waals surface area contributed by atoms with Crippen LogP contribution in [-0.4, -0.2) is 7.05 Å². The number of nitrogens with zero attached hydrogens (tertiary/aromatic N) is 1. The van der Waals surface area contributed by atoms with Crippen molar-refractivity contribution in [2.75, 3.05) is 11.9 Å². The lowest BCUT2D eigenvalue weighted by Gasteiger charge is -2.29. The van der Waals surface area contributed by atoms with Crippen LogP contribution in [0.3, 0.4) is 0 Å². The highest BCUT2D eigenvalue weighted by atomic mass is 32.2. The van der Waals surface area contributed by atoms with Gasteiger partial charge in [-0.05, 0) is 18.2 Å². The van der Waals surface area contributed by atoms with Crippen molar-refractivity contribution in [2.45, 2.75) is 18.7 Å². The zero-order chi connectivity index (χ0) is 12.8. The molecule has 0 bridgehead atoms. The summed E-state index contributed by atoms with van der Waals surface area (Å²) in [6.07, 6.45) is 3.76. The molecule has 17 heavy (non-hydrogen) atoms. The summed E-state index contributed by atoms with van der Waals surface area (Å²) in [5.74, 6) is 0. The van der Waals surface area contributed by atoms with Gasteiger partial charge in [0.2, 0.25) is 0 Å². The molecule has 0 atom stereocenters. The van der Waals surface area contributed by atoms with Crippen LogP contribution in [0.25, 0.3) is 0 Å². The molecule has 2 heteroatoms. The van der Waals surface area contributed by atoms with Gasteiger partial charge in [-0.25, -0.2) is 0 Å². The van der Waals surface area contributed by atoms with E-state index < -0.39 is 0 Å². The standard InChI is InChI=1S/C13H13NS.C2H6/c1-4-10-12(5-2)15-13-9-7-6-8-11(13)14(10)3;1-2/h4-9H,1-2H2,3H3;1-2H3. The normalized spacial score (nSPS) is 13.5. The van der Waals surface area contributed by atoms with Crippen molar-refractivity contribution >= 4 is 17.4 Å². The predicted octanol–water partition coefficient (Wildman–Crippen LogP) is 4.84. The van der Waals surface area contributed by atoms with Crippen LogP contribution in [0.1, 0.15) is 13.8 Å². The van der Waals surface area contributed by atoms with E-state index in [1.807, 2.05) is 26.0 Å². The molecule has 0 fully saturated rings. The molecule has 0 spiro atoms. The van der Waals surface area contributed by atoms with Gasteiger partial charge in [-0.15, -0.1) is 0 Å². The van der Waals surface area contributed by atoms with Gasteiger partial charge in [0, 0.05) is 16.8 Å². The molecule has 0 radical (unpaired) electrons. The maximum atomic E-state index is 3.85. The lowest BCUT2D eigenvalue weighted by Crippen LogP contribution is -2.19. The third kappa shape index (κ3) is 2.64. The Morgan fingerprint density at radius 2 is 1.76 bits per heavy atom. The van der Waals surface area contributed by atoms with Gasteiger partial charge < -0.3 is 4.90 Å². The van der Waals surface area contributed by atoms with E-state index in [1.165, 1.54) is 10.6 Å². The third-order valence-electron chi connectivity index (χ3n) is 2.44. The third-order valence-corrected chi connectivity index (χ3v) is 3.60. The van der Waals surface area contributed by atoms with Crippen LogP contribution in [0.4, 0.5) is 5.69 Å². The molecular formula is C15H19NS. The summed E-state index contributed by atoms with van der Waals surface area (Å²) >= 11 is 1.74. The molecule has 90 valence electrons. The monoisotopic (exact) mass is 245 g/mol. The zero-order valence-corrected chi connectivity index (χ0v) is 11.6. The first-order chi connectivity index (χ1) is 8.27. The molecule has 1 aromatic carbocycles. The fourth-order valence-electron chi connectivity index (χ4n) is 1.67. The Kier molecular flexibility index (Phi) is 5.11. The molecule has 0 saturated heterocycles. The van der Waals surface area contributed by atoms with E-state index in [1.54, 1.807) is 11.8 Å². The second kappa shape index (κ2) is 6.36. The van der Waals surface area contributed by atoms with Gasteiger partial charge in [-0.1, -0.05) is 57.0 Å². The Hall–Kier alpha value is -1.41. The molecule has 0 saturated carbocycles. The number of thioether (sulfide) groups is 1. The lowest BCUT2D eigenvalue weighted by atomic mass is 10.2. The maximum Gasteiger partial charge on any atom is 0.0550 e. The van der Waals surface area contributed by atoms with E-state index in [-0.39, 0.29) is 0 Å². The summed E-state index contributed by atoms with van der Waals surface area (Å²) in [4.78, 5) is 4.57. The van der Waals surface area contributed by atoms with Crippen LogP contribution in [0.15, 0.2) is 65.1 Å². The highest BCUT2D eigenvalue weighted by molar-refractivity contribution is 8.03. The number of fused-ring (bicyclic) bond motifs is 1. The quantitative estimate of drug-likeness (QED) is 0.733. The molecular weight excluding hydrogens is 226 g/mol. The van der Waals surface area contributed by atoms with E-state index >= 15 is 0 Å². The summed E-state index contributed by atoms with van der Waals surface area (Å²) in [6.45, 7) is 11.7. The van der Waals surface area contributed by atoms with Crippen LogP contribution in [-0.2, 0) is 0 Å². The number of benzene rings is 1. The molecule has 1 nitrogen and oxygen atoms in total. The highest BCUT2D eigenvalue weighted by Gasteiger charge is 2.19. The van der Waals surface area contributed by atoms with E-state index in [9.17, 15) is 0 Å². The topological polar surface area (TPSA) is 3.24 Å². The first kappa shape index (κ1) is 13.7. The molecule has 1 aliphatic rings. The summed E-state index contributed by atoms with van der Waals surface area (Å²) < 4.78 is 0. The Labute approximate surface area is 109 Å². The van der Waals surface area contributed by atoms with Crippen LogP contribution in [0.2, 0.25) is 0 Å². The van der Waals surface area contributed by atoms with Crippen molar-refractivity contribution in [1.29, 1.82) is 0 Å². The number of anilines is 1. The average Bonchev–Trinajstić information content (AvgIpc) is 2.41. The molecule has 0 aliphatic carbocycles. The number of hydrogen-bond acceptors (Lipinski definition) is 2. The van der Waals surface area contributed by atoms with Crippen molar-refractivity contribution in [1.82, 2.24) is 0 Å². The molecule has 1 aromatic rings. The Morgan fingerprint density at radius 3 is 2.35 bits per heavy atom. The van der Waals surface area contributed by atoms with Gasteiger partial charge in [-0.2, -0.15) is 0 Å². The van der Waals surface area contributed by atoms with Gasteiger partial charge in [0.25, 0.3) is 0 Å². The smallest absolute Gasteiger partial charge is 0.0550 e. The highest BCUT2D eigenvalue weighted by Crippen LogP contribution is 2.42. The van der Waals surface area contributed by atoms with Crippen LogP contribution >= 0.6 is 11.8 Å². The van der Waals surface area contributed by atoms with Gasteiger partial charge in [0.1, 0.15) is 0 Å². The minimum absolute atomic E-state index is 1.12. The van der Waals surface area contributed by atoms with Gasteiger partial charge in [0.05, 0.1) is 11.4 Å². The molecule has 0 aromatic heterocycles. The van der Waals surface area contributed by atoms with Gasteiger partial charge >= 0.3 is 0 Å². The van der Waals surface area contributed by atoms with Crippen molar-refractivity contribution in [2.24, 2.45) is 0 Å². The summed E-state index contributed by atoms with van der Waals surface area (Å²) in [5.41, 5.74) is 2.34. The molecule has 0 N–H and O–H groups in total. The van der Waals surface area contributed by atoms with Crippen molar-refractivity contribution in [3.8, 4) is 0 Å². The first-order valence-corrected chi connectivity index (χ1v) is 6.59. The van der Waals surface area contributed by atoms with Crippen molar-refractivity contribution in [3.63, 3.8) is 0 Å². The Bertz CT molecular complexity index is 446. The maximum absolute atomic E-state index is 3.85. The lowest BCUT2D eigenvalue weighted by molar-refractivity contribution is 1.09. The predicted molar refractivity (Wildman–Crippen MR) is 79.5 cm³/mol. The average molecular weight is 245 g/mol. The molecule has 0 amide bonds. The largest absolute Gasteiger partial charge is 0.343 e. The number of para-hydroxylation sites is 1. The summed E-state index contributed by atoms with van der Waals surface area (Å²) in [6, 6.07) is 8.35. The number of rotatable bonds is 2. The molecule has 1 heterocycles. The van der Waals surface area contributed by atoms with Crippen LogP contribution in [0, 0.1) is 0 Å². The molecule has 1 aliphatic heterocycles. The number of allylic oxidation sites excluding steroid dienone is 2. The number of likely N-dealkylation sites (N-methyl/N-ethyl adjacent to an activating group) is 1. The van der Waals surface area contributed by atoms with E-state index in [0.29, 0.717) is 0 Å². The van der Waals surface area contributed by atoms with Gasteiger partial charge in [0.15, 0.2) is 0 Å². The Morgan fingerprint density at radius 1 is 1.12 bits per heavy atom. The van der Waals surface area contributed by atoms with E-state index in [0.717, 1.165) is 10.6 Å². The second-order valence-corrected chi connectivity index (χ2v) is 4.37. The summed E-state index contributed by atoms with van der Waals surface area (Å²) in [7, 11) is 2.05. The number of hydrogen-bond donors (Lipinski definition) is 0. The van der Waals surface area contributed by atoms with Crippen molar-refractivity contribution < 1.29 is 0 Å². The SMILES string of the molecule is C=CC1=C(C=C)N(C)c2ccccc2S1.CC. The zero-order valence-electron chi connectivity index (χ0n) is 10.7. The van der Waals surface area contributed by atoms with E-state index in [2.05, 4.69) is 49.4 Å². The van der Waals surface area contributed by atoms with Crippen molar-refractivity contribution in [3.05, 3.63) is 60.2 Å². The molecule has 0 unspecified atom stereocenters. The minimum atomic E-state index is 1.12. The van der Waals surface area contributed by atoms with Crippen LogP contribution < -0.4 is 4.90 Å². The van der Waals surface area contributed by atoms with E-state index in [4.69, 9.17) is 0 Å². The molecule has 2 rings (SSSR count). The Balaban J connectivity index is 0.000000686. The van der Waals surface area contributed by atoms with Gasteiger partial charge in [-0.3, -0.25) is 0 Å². The summed E-state index contributed by atoms with van der Waals surface area (Å²) in [5, 5.41) is 0. The first-order valence-electron chi connectivity index (χ1n) is 5.77. The fourth-order valence-corrected chi connectivity index (χ4v) is 2.77.